The number of aromatic nitrogens is 1. The zero-order valence-electron chi connectivity index (χ0n) is 15.4. The lowest BCUT2D eigenvalue weighted by atomic mass is 10.1. The Balaban J connectivity index is 1.40. The third-order valence-corrected chi connectivity index (χ3v) is 5.34. The molecule has 4 rings (SSSR count). The third-order valence-electron chi connectivity index (χ3n) is 5.10. The lowest BCUT2D eigenvalue weighted by molar-refractivity contribution is 0.0785. The number of anilines is 1. The standard InChI is InChI=1S/C20H17ClF3N3O2/c1-10-13(7-14(22)18(24)17(10)23)19(28)27-5-4-11(9-27)8-25-20-26-15-3-2-12(21)6-16(15)29-20/h2-3,6-7,11H,4-5,8-9H2,1H3,(H,25,26). The fourth-order valence-electron chi connectivity index (χ4n) is 3.47. The van der Waals surface area contributed by atoms with Crippen molar-refractivity contribution >= 4 is 34.6 Å². The molecule has 1 N–H and O–H groups in total. The van der Waals surface area contributed by atoms with Gasteiger partial charge in [-0.05, 0) is 37.5 Å². The second kappa shape index (κ2) is 7.59. The molecular formula is C20H17ClF3N3O2. The van der Waals surface area contributed by atoms with Crippen LogP contribution in [0.15, 0.2) is 28.7 Å². The number of benzene rings is 2. The molecule has 3 aromatic rings. The lowest BCUT2D eigenvalue weighted by Crippen LogP contribution is -2.30. The Bertz CT molecular complexity index is 1100. The summed E-state index contributed by atoms with van der Waals surface area (Å²) < 4.78 is 46.2. The van der Waals surface area contributed by atoms with Crippen LogP contribution >= 0.6 is 11.6 Å². The molecule has 5 nitrogen and oxygen atoms in total. The van der Waals surface area contributed by atoms with Gasteiger partial charge in [0.1, 0.15) is 5.52 Å². The van der Waals surface area contributed by atoms with E-state index < -0.39 is 23.4 Å². The smallest absolute Gasteiger partial charge is 0.295 e. The maximum atomic E-state index is 13.8. The van der Waals surface area contributed by atoms with Crippen LogP contribution in [0.2, 0.25) is 5.02 Å². The summed E-state index contributed by atoms with van der Waals surface area (Å²) in [5, 5.41) is 3.65. The first-order valence-electron chi connectivity index (χ1n) is 9.07. The Morgan fingerprint density at radius 3 is 2.90 bits per heavy atom. The van der Waals surface area contributed by atoms with Crippen molar-refractivity contribution in [2.75, 3.05) is 25.0 Å². The van der Waals surface area contributed by atoms with Crippen LogP contribution in [0, 0.1) is 30.3 Å². The van der Waals surface area contributed by atoms with Crippen molar-refractivity contribution < 1.29 is 22.4 Å². The number of fused-ring (bicyclic) bond motifs is 1. The van der Waals surface area contributed by atoms with Gasteiger partial charge >= 0.3 is 0 Å². The van der Waals surface area contributed by atoms with Crippen LogP contribution < -0.4 is 5.32 Å². The minimum Gasteiger partial charge on any atom is -0.424 e. The van der Waals surface area contributed by atoms with Crippen molar-refractivity contribution in [1.29, 1.82) is 0 Å². The minimum absolute atomic E-state index is 0.105. The van der Waals surface area contributed by atoms with Gasteiger partial charge in [-0.2, -0.15) is 4.98 Å². The van der Waals surface area contributed by atoms with Crippen LogP contribution in [0.4, 0.5) is 19.2 Å². The first-order chi connectivity index (χ1) is 13.8. The second-order valence-electron chi connectivity index (χ2n) is 7.08. The summed E-state index contributed by atoms with van der Waals surface area (Å²) in [5.74, 6) is -4.68. The summed E-state index contributed by atoms with van der Waals surface area (Å²) in [6.07, 6.45) is 0.704. The Labute approximate surface area is 169 Å². The highest BCUT2D eigenvalue weighted by Crippen LogP contribution is 2.26. The molecule has 1 saturated heterocycles. The van der Waals surface area contributed by atoms with E-state index in [9.17, 15) is 18.0 Å². The molecule has 1 amide bonds. The molecule has 29 heavy (non-hydrogen) atoms. The van der Waals surface area contributed by atoms with Crippen LogP contribution in [0.1, 0.15) is 22.3 Å². The fraction of sp³-hybridized carbons (Fsp3) is 0.300. The van der Waals surface area contributed by atoms with Crippen molar-refractivity contribution in [3.05, 3.63) is 57.9 Å². The molecule has 152 valence electrons. The van der Waals surface area contributed by atoms with E-state index in [0.29, 0.717) is 48.2 Å². The molecular weight excluding hydrogens is 407 g/mol. The molecule has 1 aromatic heterocycles. The first kappa shape index (κ1) is 19.6. The summed E-state index contributed by atoms with van der Waals surface area (Å²) in [4.78, 5) is 18.5. The molecule has 1 fully saturated rings. The van der Waals surface area contributed by atoms with Gasteiger partial charge in [0.05, 0.1) is 0 Å². The number of hydrogen-bond acceptors (Lipinski definition) is 4. The summed E-state index contributed by atoms with van der Waals surface area (Å²) in [7, 11) is 0. The van der Waals surface area contributed by atoms with Gasteiger partial charge in [-0.25, -0.2) is 13.2 Å². The summed E-state index contributed by atoms with van der Waals surface area (Å²) >= 11 is 5.93. The maximum Gasteiger partial charge on any atom is 0.295 e. The first-order valence-corrected chi connectivity index (χ1v) is 9.44. The molecule has 2 heterocycles. The molecule has 1 unspecified atom stereocenters. The van der Waals surface area contributed by atoms with Gasteiger partial charge < -0.3 is 14.6 Å². The predicted octanol–water partition coefficient (Wildman–Crippen LogP) is 4.78. The van der Waals surface area contributed by atoms with E-state index in [1.807, 2.05) is 0 Å². The largest absolute Gasteiger partial charge is 0.424 e. The summed E-state index contributed by atoms with van der Waals surface area (Å²) in [6.45, 7) is 2.61. The minimum atomic E-state index is -1.57. The van der Waals surface area contributed by atoms with Gasteiger partial charge in [-0.3, -0.25) is 4.79 Å². The third kappa shape index (κ3) is 3.76. The molecule has 0 spiro atoms. The van der Waals surface area contributed by atoms with Crippen LogP contribution in [0.25, 0.3) is 11.1 Å². The number of halogens is 4. The molecule has 0 aliphatic carbocycles. The summed E-state index contributed by atoms with van der Waals surface area (Å²) in [5.41, 5.74) is 0.890. The molecule has 9 heteroatoms. The number of amides is 1. The highest BCUT2D eigenvalue weighted by atomic mass is 35.5. The normalized spacial score (nSPS) is 16.6. The van der Waals surface area contributed by atoms with Crippen molar-refractivity contribution in [3.63, 3.8) is 0 Å². The zero-order chi connectivity index (χ0) is 20.7. The average molecular weight is 424 g/mol. The summed E-state index contributed by atoms with van der Waals surface area (Å²) in [6, 6.07) is 6.26. The second-order valence-corrected chi connectivity index (χ2v) is 7.51. The highest BCUT2D eigenvalue weighted by molar-refractivity contribution is 6.31. The molecule has 1 aliphatic rings. The van der Waals surface area contributed by atoms with E-state index in [-0.39, 0.29) is 17.0 Å². The van der Waals surface area contributed by atoms with Gasteiger partial charge in [0.15, 0.2) is 23.0 Å². The quantitative estimate of drug-likeness (QED) is 0.613. The average Bonchev–Trinajstić information content (AvgIpc) is 3.33. The van der Waals surface area contributed by atoms with E-state index in [1.54, 1.807) is 18.2 Å². The molecule has 0 bridgehead atoms. The number of hydrogen-bond donors (Lipinski definition) is 1. The number of carbonyl (C=O) groups is 1. The molecule has 1 atom stereocenters. The predicted molar refractivity (Wildman–Crippen MR) is 103 cm³/mol. The molecule has 2 aromatic carbocycles. The van der Waals surface area contributed by atoms with E-state index >= 15 is 0 Å². The van der Waals surface area contributed by atoms with Gasteiger partial charge in [0.25, 0.3) is 11.9 Å². The number of likely N-dealkylation sites (tertiary alicyclic amines) is 1. The molecule has 0 radical (unpaired) electrons. The fourth-order valence-corrected chi connectivity index (χ4v) is 3.63. The van der Waals surface area contributed by atoms with Gasteiger partial charge in [0, 0.05) is 41.9 Å². The van der Waals surface area contributed by atoms with Gasteiger partial charge in [-0.1, -0.05) is 11.6 Å². The highest BCUT2D eigenvalue weighted by Gasteiger charge is 2.30. The Hall–Kier alpha value is -2.74. The maximum absolute atomic E-state index is 13.8. The number of nitrogens with one attached hydrogen (secondary N) is 1. The number of nitrogens with zero attached hydrogens (tertiary/aromatic N) is 2. The van der Waals surface area contributed by atoms with Crippen molar-refractivity contribution in [2.45, 2.75) is 13.3 Å². The Morgan fingerprint density at radius 1 is 1.31 bits per heavy atom. The Morgan fingerprint density at radius 2 is 2.10 bits per heavy atom. The van der Waals surface area contributed by atoms with Crippen molar-refractivity contribution in [1.82, 2.24) is 9.88 Å². The number of carbonyl (C=O) groups excluding carboxylic acids is 1. The van der Waals surface area contributed by atoms with Crippen molar-refractivity contribution in [3.8, 4) is 0 Å². The van der Waals surface area contributed by atoms with Crippen molar-refractivity contribution in [2.24, 2.45) is 5.92 Å². The van der Waals surface area contributed by atoms with E-state index in [4.69, 9.17) is 16.0 Å². The van der Waals surface area contributed by atoms with E-state index in [2.05, 4.69) is 10.3 Å². The SMILES string of the molecule is Cc1c(C(=O)N2CCC(CNc3nc4ccc(Cl)cc4o3)C2)cc(F)c(F)c1F. The van der Waals surface area contributed by atoms with Gasteiger partial charge in [-0.15, -0.1) is 0 Å². The van der Waals surface area contributed by atoms with Crippen LogP contribution in [-0.2, 0) is 0 Å². The van der Waals surface area contributed by atoms with E-state index in [0.717, 1.165) is 6.07 Å². The molecule has 1 aliphatic heterocycles. The van der Waals surface area contributed by atoms with E-state index in [1.165, 1.54) is 11.8 Å². The van der Waals surface area contributed by atoms with Crippen LogP contribution in [-0.4, -0.2) is 35.4 Å². The topological polar surface area (TPSA) is 58.4 Å². The zero-order valence-corrected chi connectivity index (χ0v) is 16.2. The number of rotatable bonds is 4. The van der Waals surface area contributed by atoms with Crippen LogP contribution in [0.3, 0.4) is 0 Å². The lowest BCUT2D eigenvalue weighted by Gasteiger charge is -2.18. The monoisotopic (exact) mass is 423 g/mol. The van der Waals surface area contributed by atoms with Crippen LogP contribution in [0.5, 0.6) is 0 Å². The van der Waals surface area contributed by atoms with Gasteiger partial charge in [0.2, 0.25) is 0 Å². The Kier molecular flexibility index (Phi) is 5.12. The molecule has 0 saturated carbocycles. The number of oxazole rings is 1.